The standard InChI is InChI=1S/C14H18N4OS/c1-14(2,3)11-8-20-13(17-11)18-12(19)10-7-9(15-4)5-6-16-10/h5-8H,1-4H3,(H,15,16)(H,17,18,19). The van der Waals surface area contributed by atoms with Gasteiger partial charge in [-0.15, -0.1) is 11.3 Å². The van der Waals surface area contributed by atoms with Crippen LogP contribution in [0.25, 0.3) is 0 Å². The summed E-state index contributed by atoms with van der Waals surface area (Å²) in [4.78, 5) is 20.6. The minimum atomic E-state index is -0.253. The molecule has 6 heteroatoms. The highest BCUT2D eigenvalue weighted by atomic mass is 32.1. The summed E-state index contributed by atoms with van der Waals surface area (Å²) in [6, 6.07) is 3.51. The third-order valence-corrected chi connectivity index (χ3v) is 3.53. The monoisotopic (exact) mass is 290 g/mol. The first-order chi connectivity index (χ1) is 9.40. The Morgan fingerprint density at radius 1 is 1.35 bits per heavy atom. The van der Waals surface area contributed by atoms with Gasteiger partial charge in [-0.1, -0.05) is 20.8 Å². The Kier molecular flexibility index (Phi) is 4.04. The number of carbonyl (C=O) groups excluding carboxylic acids is 1. The van der Waals surface area contributed by atoms with Gasteiger partial charge in [0.25, 0.3) is 5.91 Å². The molecule has 20 heavy (non-hydrogen) atoms. The Bertz CT molecular complexity index is 616. The van der Waals surface area contributed by atoms with Crippen LogP contribution in [0.5, 0.6) is 0 Å². The van der Waals surface area contributed by atoms with Crippen molar-refractivity contribution in [2.24, 2.45) is 0 Å². The third kappa shape index (κ3) is 3.33. The molecule has 1 amide bonds. The lowest BCUT2D eigenvalue weighted by atomic mass is 9.93. The summed E-state index contributed by atoms with van der Waals surface area (Å²) in [7, 11) is 1.80. The van der Waals surface area contributed by atoms with Gasteiger partial charge < -0.3 is 5.32 Å². The summed E-state index contributed by atoms with van der Waals surface area (Å²) in [6.45, 7) is 6.27. The minimum Gasteiger partial charge on any atom is -0.388 e. The second-order valence-electron chi connectivity index (χ2n) is 5.42. The van der Waals surface area contributed by atoms with Crippen LogP contribution in [0.2, 0.25) is 0 Å². The molecule has 2 aromatic heterocycles. The highest BCUT2D eigenvalue weighted by Gasteiger charge is 2.18. The lowest BCUT2D eigenvalue weighted by Gasteiger charge is -2.14. The van der Waals surface area contributed by atoms with Gasteiger partial charge in [0.05, 0.1) is 5.69 Å². The number of hydrogen-bond donors (Lipinski definition) is 2. The van der Waals surface area contributed by atoms with Crippen molar-refractivity contribution >= 4 is 28.1 Å². The average Bonchev–Trinajstić information content (AvgIpc) is 2.87. The predicted molar refractivity (Wildman–Crippen MR) is 82.6 cm³/mol. The molecule has 0 aliphatic carbocycles. The molecule has 2 aromatic rings. The zero-order valence-corrected chi connectivity index (χ0v) is 12.8. The van der Waals surface area contributed by atoms with Crippen molar-refractivity contribution in [1.29, 1.82) is 0 Å². The van der Waals surface area contributed by atoms with Crippen LogP contribution in [0.4, 0.5) is 10.8 Å². The molecule has 2 heterocycles. The van der Waals surface area contributed by atoms with Gasteiger partial charge in [0.1, 0.15) is 5.69 Å². The number of amides is 1. The van der Waals surface area contributed by atoms with Crippen molar-refractivity contribution in [2.75, 3.05) is 17.7 Å². The second kappa shape index (κ2) is 5.58. The van der Waals surface area contributed by atoms with Crippen molar-refractivity contribution in [2.45, 2.75) is 26.2 Å². The molecule has 5 nitrogen and oxygen atoms in total. The van der Waals surface area contributed by atoms with E-state index in [9.17, 15) is 4.79 Å². The molecule has 106 valence electrons. The number of pyridine rings is 1. The first-order valence-corrected chi connectivity index (χ1v) is 7.19. The van der Waals surface area contributed by atoms with Crippen molar-refractivity contribution in [1.82, 2.24) is 9.97 Å². The number of nitrogens with zero attached hydrogens (tertiary/aromatic N) is 2. The fourth-order valence-corrected chi connectivity index (χ4v) is 2.48. The van der Waals surface area contributed by atoms with Gasteiger partial charge in [0, 0.05) is 29.7 Å². The van der Waals surface area contributed by atoms with Gasteiger partial charge in [-0.25, -0.2) is 4.98 Å². The van der Waals surface area contributed by atoms with Crippen LogP contribution < -0.4 is 10.6 Å². The zero-order valence-electron chi connectivity index (χ0n) is 12.0. The highest BCUT2D eigenvalue weighted by Crippen LogP contribution is 2.26. The van der Waals surface area contributed by atoms with Gasteiger partial charge in [-0.3, -0.25) is 15.1 Å². The van der Waals surface area contributed by atoms with E-state index in [0.29, 0.717) is 10.8 Å². The largest absolute Gasteiger partial charge is 0.388 e. The van der Waals surface area contributed by atoms with Crippen LogP contribution >= 0.6 is 11.3 Å². The van der Waals surface area contributed by atoms with E-state index in [1.165, 1.54) is 11.3 Å². The first-order valence-electron chi connectivity index (χ1n) is 6.31. The normalized spacial score (nSPS) is 11.2. The minimum absolute atomic E-state index is 0.0240. The molecule has 2 N–H and O–H groups in total. The maximum absolute atomic E-state index is 12.1. The summed E-state index contributed by atoms with van der Waals surface area (Å²) in [5.74, 6) is -0.253. The molecule has 0 saturated heterocycles. The predicted octanol–water partition coefficient (Wildman–Crippen LogP) is 3.13. The second-order valence-corrected chi connectivity index (χ2v) is 6.28. The van der Waals surface area contributed by atoms with E-state index in [0.717, 1.165) is 11.4 Å². The molecular weight excluding hydrogens is 272 g/mol. The number of thiazole rings is 1. The van der Waals surface area contributed by atoms with Gasteiger partial charge in [-0.2, -0.15) is 0 Å². The Hall–Kier alpha value is -1.95. The quantitative estimate of drug-likeness (QED) is 0.911. The Labute approximate surface area is 122 Å². The molecule has 0 radical (unpaired) electrons. The molecule has 0 bridgehead atoms. The van der Waals surface area contributed by atoms with Crippen LogP contribution in [0.1, 0.15) is 37.0 Å². The smallest absolute Gasteiger partial charge is 0.276 e. The van der Waals surface area contributed by atoms with Crippen LogP contribution in [-0.2, 0) is 5.41 Å². The molecule has 0 aliphatic heterocycles. The lowest BCUT2D eigenvalue weighted by Crippen LogP contribution is -2.15. The third-order valence-electron chi connectivity index (χ3n) is 2.77. The van der Waals surface area contributed by atoms with E-state index >= 15 is 0 Å². The molecular formula is C14H18N4OS. The summed E-state index contributed by atoms with van der Waals surface area (Å²) >= 11 is 1.42. The van der Waals surface area contributed by atoms with Gasteiger partial charge in [-0.05, 0) is 12.1 Å². The maximum atomic E-state index is 12.1. The molecule has 2 rings (SSSR count). The molecule has 0 unspecified atom stereocenters. The molecule has 0 atom stereocenters. The van der Waals surface area contributed by atoms with Crippen LogP contribution in [0, 0.1) is 0 Å². The van der Waals surface area contributed by atoms with E-state index in [-0.39, 0.29) is 11.3 Å². The fraction of sp³-hybridized carbons (Fsp3) is 0.357. The topological polar surface area (TPSA) is 66.9 Å². The number of carbonyl (C=O) groups is 1. The number of aromatic nitrogens is 2. The van der Waals surface area contributed by atoms with Crippen LogP contribution in [-0.4, -0.2) is 22.9 Å². The van der Waals surface area contributed by atoms with Gasteiger partial charge >= 0.3 is 0 Å². The van der Waals surface area contributed by atoms with E-state index in [4.69, 9.17) is 0 Å². The van der Waals surface area contributed by atoms with Crippen molar-refractivity contribution in [3.8, 4) is 0 Å². The molecule has 0 fully saturated rings. The molecule has 0 aliphatic rings. The number of anilines is 2. The van der Waals surface area contributed by atoms with Crippen LogP contribution in [0.3, 0.4) is 0 Å². The summed E-state index contributed by atoms with van der Waals surface area (Å²) < 4.78 is 0. The Morgan fingerprint density at radius 3 is 2.70 bits per heavy atom. The van der Waals surface area contributed by atoms with E-state index < -0.39 is 0 Å². The molecule has 0 spiro atoms. The number of nitrogens with one attached hydrogen (secondary N) is 2. The van der Waals surface area contributed by atoms with E-state index in [2.05, 4.69) is 41.4 Å². The summed E-state index contributed by atoms with van der Waals surface area (Å²) in [5, 5.41) is 8.32. The van der Waals surface area contributed by atoms with Crippen molar-refractivity contribution in [3.05, 3.63) is 35.1 Å². The van der Waals surface area contributed by atoms with Crippen molar-refractivity contribution < 1.29 is 4.79 Å². The fourth-order valence-electron chi connectivity index (χ4n) is 1.55. The van der Waals surface area contributed by atoms with Gasteiger partial charge in [0.15, 0.2) is 5.13 Å². The average molecular weight is 290 g/mol. The Morgan fingerprint density at radius 2 is 2.10 bits per heavy atom. The SMILES string of the molecule is CNc1ccnc(C(=O)Nc2nc(C(C)(C)C)cs2)c1. The number of rotatable bonds is 3. The summed E-state index contributed by atoms with van der Waals surface area (Å²) in [5.41, 5.74) is 2.16. The van der Waals surface area contributed by atoms with Gasteiger partial charge in [0.2, 0.25) is 0 Å². The highest BCUT2D eigenvalue weighted by molar-refractivity contribution is 7.14. The van der Waals surface area contributed by atoms with E-state index in [1.54, 1.807) is 25.4 Å². The van der Waals surface area contributed by atoms with Crippen molar-refractivity contribution in [3.63, 3.8) is 0 Å². The molecule has 0 saturated carbocycles. The molecule has 0 aromatic carbocycles. The van der Waals surface area contributed by atoms with E-state index in [1.807, 2.05) is 5.38 Å². The number of hydrogen-bond acceptors (Lipinski definition) is 5. The Balaban J connectivity index is 2.13. The zero-order chi connectivity index (χ0) is 14.8. The summed E-state index contributed by atoms with van der Waals surface area (Å²) in [6.07, 6.45) is 1.60. The first kappa shape index (κ1) is 14.5. The lowest BCUT2D eigenvalue weighted by molar-refractivity contribution is 0.102. The van der Waals surface area contributed by atoms with Crippen LogP contribution in [0.15, 0.2) is 23.7 Å². The maximum Gasteiger partial charge on any atom is 0.276 e.